The number of amides is 1. The zero-order chi connectivity index (χ0) is 19.8. The van der Waals surface area contributed by atoms with E-state index in [9.17, 15) is 9.18 Å². The van der Waals surface area contributed by atoms with Gasteiger partial charge in [-0.3, -0.25) is 4.79 Å². The summed E-state index contributed by atoms with van der Waals surface area (Å²) in [5, 5.41) is 7.41. The average Bonchev–Trinajstić information content (AvgIpc) is 3.18. The maximum atomic E-state index is 13.5. The van der Waals surface area contributed by atoms with Gasteiger partial charge in [0.2, 0.25) is 0 Å². The molecule has 1 aromatic heterocycles. The first-order chi connectivity index (χ1) is 14.2. The summed E-state index contributed by atoms with van der Waals surface area (Å²) in [5.74, 6) is 0.0120. The topological polar surface area (TPSA) is 66.5 Å². The van der Waals surface area contributed by atoms with Crippen molar-refractivity contribution in [1.29, 1.82) is 0 Å². The van der Waals surface area contributed by atoms with Crippen LogP contribution in [0.5, 0.6) is 5.75 Å². The van der Waals surface area contributed by atoms with Crippen molar-refractivity contribution in [3.8, 4) is 5.75 Å². The van der Waals surface area contributed by atoms with Gasteiger partial charge in [-0.05, 0) is 24.3 Å². The van der Waals surface area contributed by atoms with Gasteiger partial charge in [-0.2, -0.15) is 0 Å². The third-order valence-electron chi connectivity index (χ3n) is 5.35. The molecule has 0 aliphatic carbocycles. The average molecular weight is 412 g/mol. The lowest BCUT2D eigenvalue weighted by Crippen LogP contribution is -2.43. The molecule has 1 fully saturated rings. The molecule has 3 aromatic rings. The quantitative estimate of drug-likeness (QED) is 0.692. The molecule has 6 nitrogen and oxygen atoms in total. The first kappa shape index (κ1) is 18.3. The number of thiazole rings is 1. The van der Waals surface area contributed by atoms with Crippen LogP contribution in [0.1, 0.15) is 28.4 Å². The minimum atomic E-state index is -0.341. The van der Waals surface area contributed by atoms with Crippen LogP contribution in [0.3, 0.4) is 0 Å². The van der Waals surface area contributed by atoms with Crippen molar-refractivity contribution < 1.29 is 13.9 Å². The number of halogens is 1. The number of fused-ring (bicyclic) bond motifs is 2. The van der Waals surface area contributed by atoms with Crippen LogP contribution in [0.4, 0.5) is 9.52 Å². The summed E-state index contributed by atoms with van der Waals surface area (Å²) in [6, 6.07) is 9.87. The van der Waals surface area contributed by atoms with Crippen LogP contribution in [0.15, 0.2) is 36.4 Å². The number of hydrogen-bond donors (Lipinski definition) is 2. The van der Waals surface area contributed by atoms with Gasteiger partial charge in [0.1, 0.15) is 11.6 Å². The van der Waals surface area contributed by atoms with Crippen molar-refractivity contribution in [2.45, 2.75) is 12.5 Å². The van der Waals surface area contributed by atoms with Crippen LogP contribution in [0.25, 0.3) is 10.2 Å². The summed E-state index contributed by atoms with van der Waals surface area (Å²) >= 11 is 1.62. The highest BCUT2D eigenvalue weighted by molar-refractivity contribution is 7.22. The highest BCUT2D eigenvalue weighted by Gasteiger charge is 2.24. The minimum absolute atomic E-state index is 0.147. The van der Waals surface area contributed by atoms with E-state index in [-0.39, 0.29) is 17.8 Å². The fraction of sp³-hybridized carbons (Fsp3) is 0.333. The molecule has 1 amide bonds. The monoisotopic (exact) mass is 412 g/mol. The molecule has 0 unspecified atom stereocenters. The first-order valence-corrected chi connectivity index (χ1v) is 10.6. The standard InChI is InChI=1S/C21H21FN4O2S/c22-14-2-3-15-16(5-10-28-18(15)12-14)24-20(27)13-1-4-17-19(11-13)29-21(25-17)26-8-6-23-7-9-26/h1-4,11-12,16,23H,5-10H2,(H,24,27)/t16-/m0/s1. The van der Waals surface area contributed by atoms with Crippen molar-refractivity contribution in [2.24, 2.45) is 0 Å². The SMILES string of the molecule is O=C(N[C@H]1CCOc2cc(F)ccc21)c1ccc2nc(N3CCNCC3)sc2c1. The largest absolute Gasteiger partial charge is 0.493 e. The second-order valence-electron chi connectivity index (χ2n) is 7.26. The Hall–Kier alpha value is -2.71. The normalized spacial score (nSPS) is 18.9. The smallest absolute Gasteiger partial charge is 0.251 e. The Morgan fingerprint density at radius 3 is 2.97 bits per heavy atom. The molecule has 3 heterocycles. The van der Waals surface area contributed by atoms with Gasteiger partial charge in [0, 0.05) is 49.8 Å². The summed E-state index contributed by atoms with van der Waals surface area (Å²) in [4.78, 5) is 19.9. The number of rotatable bonds is 3. The van der Waals surface area contributed by atoms with E-state index in [1.54, 1.807) is 17.4 Å². The van der Waals surface area contributed by atoms with Crippen LogP contribution in [-0.2, 0) is 0 Å². The number of ether oxygens (including phenoxy) is 1. The molecule has 1 saturated heterocycles. The molecule has 2 aliphatic heterocycles. The van der Waals surface area contributed by atoms with Crippen LogP contribution in [0.2, 0.25) is 0 Å². The van der Waals surface area contributed by atoms with Crippen molar-refractivity contribution in [3.05, 3.63) is 53.3 Å². The molecule has 8 heteroatoms. The molecule has 0 saturated carbocycles. The van der Waals surface area contributed by atoms with Gasteiger partial charge in [-0.1, -0.05) is 17.4 Å². The van der Waals surface area contributed by atoms with Gasteiger partial charge >= 0.3 is 0 Å². The predicted molar refractivity (Wildman–Crippen MR) is 111 cm³/mol. The lowest BCUT2D eigenvalue weighted by atomic mass is 10.00. The minimum Gasteiger partial charge on any atom is -0.493 e. The summed E-state index contributed by atoms with van der Waals surface area (Å²) in [5.41, 5.74) is 2.32. The Bertz CT molecular complexity index is 1060. The molecule has 2 N–H and O–H groups in total. The van der Waals surface area contributed by atoms with Gasteiger partial charge < -0.3 is 20.3 Å². The summed E-state index contributed by atoms with van der Waals surface area (Å²) in [6.45, 7) is 4.25. The van der Waals surface area contributed by atoms with E-state index in [1.807, 2.05) is 18.2 Å². The Morgan fingerprint density at radius 2 is 2.10 bits per heavy atom. The van der Waals surface area contributed by atoms with Crippen LogP contribution in [0, 0.1) is 5.82 Å². The maximum Gasteiger partial charge on any atom is 0.251 e. The summed E-state index contributed by atoms with van der Waals surface area (Å²) in [6.07, 6.45) is 0.653. The Morgan fingerprint density at radius 1 is 1.24 bits per heavy atom. The van der Waals surface area contributed by atoms with Crippen molar-refractivity contribution in [3.63, 3.8) is 0 Å². The van der Waals surface area contributed by atoms with Crippen molar-refractivity contribution >= 4 is 32.6 Å². The van der Waals surface area contributed by atoms with E-state index >= 15 is 0 Å². The van der Waals surface area contributed by atoms with Crippen LogP contribution in [-0.4, -0.2) is 43.7 Å². The molecular formula is C21H21FN4O2S. The second kappa shape index (κ2) is 7.61. The number of carbonyl (C=O) groups is 1. The van der Waals surface area contributed by atoms with E-state index in [1.165, 1.54) is 12.1 Å². The Balaban J connectivity index is 1.36. The van der Waals surface area contributed by atoms with Crippen molar-refractivity contribution in [1.82, 2.24) is 15.6 Å². The van der Waals surface area contributed by atoms with Gasteiger partial charge in [0.15, 0.2) is 5.13 Å². The predicted octanol–water partition coefficient (Wildman–Crippen LogP) is 3.10. The first-order valence-electron chi connectivity index (χ1n) is 9.77. The lowest BCUT2D eigenvalue weighted by Gasteiger charge is -2.26. The fourth-order valence-corrected chi connectivity index (χ4v) is 4.86. The van der Waals surface area contributed by atoms with Crippen molar-refractivity contribution in [2.75, 3.05) is 37.7 Å². The molecule has 2 aromatic carbocycles. The second-order valence-corrected chi connectivity index (χ2v) is 8.27. The molecule has 29 heavy (non-hydrogen) atoms. The number of hydrogen-bond acceptors (Lipinski definition) is 6. The number of aromatic nitrogens is 1. The number of carbonyl (C=O) groups excluding carboxylic acids is 1. The lowest BCUT2D eigenvalue weighted by molar-refractivity contribution is 0.0925. The van der Waals surface area contributed by atoms with E-state index in [0.717, 1.165) is 47.1 Å². The fourth-order valence-electron chi connectivity index (χ4n) is 3.80. The molecule has 150 valence electrons. The zero-order valence-electron chi connectivity index (χ0n) is 15.8. The van der Waals surface area contributed by atoms with Gasteiger partial charge in [0.25, 0.3) is 5.91 Å². The molecule has 5 rings (SSSR count). The zero-order valence-corrected chi connectivity index (χ0v) is 16.6. The molecule has 2 aliphatic rings. The van der Waals surface area contributed by atoms with Crippen LogP contribution < -0.4 is 20.3 Å². The van der Waals surface area contributed by atoms with Gasteiger partial charge in [0.05, 0.1) is 22.9 Å². The van der Waals surface area contributed by atoms with Gasteiger partial charge in [-0.15, -0.1) is 0 Å². The molecule has 0 spiro atoms. The van der Waals surface area contributed by atoms with E-state index in [0.29, 0.717) is 24.3 Å². The Labute approximate surface area is 171 Å². The third kappa shape index (κ3) is 3.65. The van der Waals surface area contributed by atoms with E-state index in [4.69, 9.17) is 9.72 Å². The third-order valence-corrected chi connectivity index (χ3v) is 6.43. The number of nitrogens with zero attached hydrogens (tertiary/aromatic N) is 2. The number of anilines is 1. The maximum absolute atomic E-state index is 13.5. The molecule has 0 bridgehead atoms. The number of piperazine rings is 1. The molecule has 0 radical (unpaired) electrons. The number of benzene rings is 2. The van der Waals surface area contributed by atoms with E-state index in [2.05, 4.69) is 15.5 Å². The van der Waals surface area contributed by atoms with Crippen LogP contribution >= 0.6 is 11.3 Å². The molecule has 1 atom stereocenters. The number of nitrogens with one attached hydrogen (secondary N) is 2. The van der Waals surface area contributed by atoms with E-state index < -0.39 is 0 Å². The highest BCUT2D eigenvalue weighted by Crippen LogP contribution is 2.33. The Kier molecular flexibility index (Phi) is 4.81. The molecular weight excluding hydrogens is 391 g/mol. The van der Waals surface area contributed by atoms with Gasteiger partial charge in [-0.25, -0.2) is 9.37 Å². The summed E-state index contributed by atoms with van der Waals surface area (Å²) in [7, 11) is 0. The summed E-state index contributed by atoms with van der Waals surface area (Å²) < 4.78 is 20.0. The highest BCUT2D eigenvalue weighted by atomic mass is 32.1.